The van der Waals surface area contributed by atoms with Crippen LogP contribution in [0.2, 0.25) is 5.02 Å². The lowest BCUT2D eigenvalue weighted by Crippen LogP contribution is -2.39. The predicted molar refractivity (Wildman–Crippen MR) is 171 cm³/mol. The summed E-state index contributed by atoms with van der Waals surface area (Å²) in [6.45, 7) is 7.48. The number of carbonyl (C=O) groups excluding carboxylic acids is 1. The van der Waals surface area contributed by atoms with E-state index in [0.717, 1.165) is 34.9 Å². The summed E-state index contributed by atoms with van der Waals surface area (Å²) in [6, 6.07) is 17.8. The number of sulfonamides is 2. The van der Waals surface area contributed by atoms with Crippen molar-refractivity contribution in [3.8, 4) is 5.75 Å². The molecule has 234 valence electrons. The van der Waals surface area contributed by atoms with Crippen molar-refractivity contribution in [3.05, 3.63) is 88.6 Å². The molecule has 4 aromatic rings. The minimum absolute atomic E-state index is 0.0168. The zero-order valence-corrected chi connectivity index (χ0v) is 27.3. The number of rotatable bonds is 10. The van der Waals surface area contributed by atoms with Crippen LogP contribution < -0.4 is 9.46 Å². The van der Waals surface area contributed by atoms with Crippen molar-refractivity contribution in [1.29, 1.82) is 0 Å². The van der Waals surface area contributed by atoms with Crippen LogP contribution in [-0.4, -0.2) is 51.3 Å². The second-order valence-corrected chi connectivity index (χ2v) is 15.3. The smallest absolute Gasteiger partial charge is 0.281 e. The summed E-state index contributed by atoms with van der Waals surface area (Å²) in [5.74, 6) is 0.175. The Hall–Kier alpha value is -3.38. The van der Waals surface area contributed by atoms with Crippen LogP contribution in [-0.2, 0) is 26.6 Å². The first-order valence-electron chi connectivity index (χ1n) is 14.5. The van der Waals surface area contributed by atoms with Crippen molar-refractivity contribution >= 4 is 48.5 Å². The minimum atomic E-state index is -4.29. The van der Waals surface area contributed by atoms with Crippen LogP contribution in [0, 0.1) is 19.8 Å². The van der Waals surface area contributed by atoms with Crippen LogP contribution in [0.5, 0.6) is 5.75 Å². The van der Waals surface area contributed by atoms with Gasteiger partial charge >= 0.3 is 0 Å². The van der Waals surface area contributed by atoms with E-state index >= 15 is 0 Å². The highest BCUT2D eigenvalue weighted by atomic mass is 35.5. The van der Waals surface area contributed by atoms with E-state index in [4.69, 9.17) is 16.3 Å². The highest BCUT2D eigenvalue weighted by Crippen LogP contribution is 2.27. The largest absolute Gasteiger partial charge is 0.494 e. The molecule has 1 saturated heterocycles. The lowest BCUT2D eigenvalue weighted by molar-refractivity contribution is 0.0972. The lowest BCUT2D eigenvalue weighted by Gasteiger charge is -2.30. The zero-order valence-electron chi connectivity index (χ0n) is 24.9. The molecule has 1 atom stereocenters. The maximum Gasteiger partial charge on any atom is 0.281 e. The summed E-state index contributed by atoms with van der Waals surface area (Å²) < 4.78 is 63.9. The fourth-order valence-corrected chi connectivity index (χ4v) is 8.25. The summed E-state index contributed by atoms with van der Waals surface area (Å²) in [5, 5.41) is 1.50. The predicted octanol–water partition coefficient (Wildman–Crippen LogP) is 5.92. The van der Waals surface area contributed by atoms with Crippen LogP contribution in [0.25, 0.3) is 10.9 Å². The normalized spacial score (nSPS) is 16.2. The number of nitrogens with one attached hydrogen (secondary N) is 1. The Bertz CT molecular complexity index is 1880. The number of halogens is 1. The average Bonchev–Trinajstić information content (AvgIpc) is 3.36. The molecule has 12 heteroatoms. The maximum absolute atomic E-state index is 13.4. The van der Waals surface area contributed by atoms with E-state index in [2.05, 4.69) is 4.72 Å². The number of piperidine rings is 1. The van der Waals surface area contributed by atoms with Crippen LogP contribution in [0.3, 0.4) is 0 Å². The molecule has 1 aliphatic rings. The molecule has 44 heavy (non-hydrogen) atoms. The Morgan fingerprint density at radius 1 is 0.977 bits per heavy atom. The van der Waals surface area contributed by atoms with Crippen molar-refractivity contribution < 1.29 is 26.4 Å². The third kappa shape index (κ3) is 6.81. The molecule has 1 aromatic heterocycles. The van der Waals surface area contributed by atoms with E-state index in [0.29, 0.717) is 43.4 Å². The van der Waals surface area contributed by atoms with Gasteiger partial charge in [-0.3, -0.25) is 4.79 Å². The van der Waals surface area contributed by atoms with Gasteiger partial charge in [0.1, 0.15) is 11.4 Å². The Labute approximate surface area is 263 Å². The molecule has 0 aliphatic carbocycles. The Balaban J connectivity index is 1.30. The highest BCUT2D eigenvalue weighted by Gasteiger charge is 2.29. The van der Waals surface area contributed by atoms with E-state index < -0.39 is 26.0 Å². The number of aromatic nitrogens is 1. The van der Waals surface area contributed by atoms with Crippen molar-refractivity contribution in [1.82, 2.24) is 13.6 Å². The van der Waals surface area contributed by atoms with Gasteiger partial charge in [-0.25, -0.2) is 21.6 Å². The molecule has 0 unspecified atom stereocenters. The molecule has 0 bridgehead atoms. The Morgan fingerprint density at radius 2 is 1.64 bits per heavy atom. The summed E-state index contributed by atoms with van der Waals surface area (Å²) in [6.07, 6.45) is 2.31. The number of ether oxygens (including phenoxy) is 1. The van der Waals surface area contributed by atoms with Gasteiger partial charge in [0.2, 0.25) is 10.0 Å². The number of hydrogen-bond donors (Lipinski definition) is 1. The summed E-state index contributed by atoms with van der Waals surface area (Å²) in [7, 11) is -8.03. The average molecular weight is 658 g/mol. The van der Waals surface area contributed by atoms with Crippen molar-refractivity contribution in [2.75, 3.05) is 19.7 Å². The minimum Gasteiger partial charge on any atom is -0.494 e. The fourth-order valence-electron chi connectivity index (χ4n) is 5.58. The van der Waals surface area contributed by atoms with Gasteiger partial charge in [-0.15, -0.1) is 0 Å². The lowest BCUT2D eigenvalue weighted by atomic mass is 10.0. The second-order valence-electron chi connectivity index (χ2n) is 11.3. The number of nitrogens with zero attached hydrogens (tertiary/aromatic N) is 2. The van der Waals surface area contributed by atoms with Gasteiger partial charge < -0.3 is 9.30 Å². The van der Waals surface area contributed by atoms with Gasteiger partial charge in [-0.05, 0) is 98.7 Å². The Morgan fingerprint density at radius 3 is 2.32 bits per heavy atom. The molecule has 1 fully saturated rings. The number of benzene rings is 3. The second kappa shape index (κ2) is 12.9. The van der Waals surface area contributed by atoms with Gasteiger partial charge in [0.15, 0.2) is 0 Å². The van der Waals surface area contributed by atoms with Crippen molar-refractivity contribution in [2.24, 2.45) is 5.92 Å². The van der Waals surface area contributed by atoms with Crippen LogP contribution in [0.4, 0.5) is 0 Å². The number of amides is 1. The molecule has 3 aromatic carbocycles. The van der Waals surface area contributed by atoms with E-state index in [1.807, 2.05) is 57.2 Å². The monoisotopic (exact) mass is 657 g/mol. The zero-order chi connectivity index (χ0) is 31.6. The maximum atomic E-state index is 13.4. The third-order valence-electron chi connectivity index (χ3n) is 7.87. The van der Waals surface area contributed by atoms with Gasteiger partial charge in [0, 0.05) is 35.6 Å². The van der Waals surface area contributed by atoms with E-state index in [-0.39, 0.29) is 21.4 Å². The quantitative estimate of drug-likeness (QED) is 0.212. The fraction of sp³-hybridized carbons (Fsp3) is 0.344. The van der Waals surface area contributed by atoms with E-state index in [1.165, 1.54) is 28.6 Å². The van der Waals surface area contributed by atoms with Crippen molar-refractivity contribution in [2.45, 2.75) is 56.4 Å². The molecule has 0 saturated carbocycles. The first kappa shape index (κ1) is 32.0. The van der Waals surface area contributed by atoms with Gasteiger partial charge in [-0.2, -0.15) is 4.31 Å². The summed E-state index contributed by atoms with van der Waals surface area (Å²) in [4.78, 5) is 13.2. The first-order valence-corrected chi connectivity index (χ1v) is 17.8. The first-order chi connectivity index (χ1) is 20.9. The molecule has 1 N–H and O–H groups in total. The van der Waals surface area contributed by atoms with Gasteiger partial charge in [-0.1, -0.05) is 36.7 Å². The number of carbonyl (C=O) groups is 1. The molecule has 1 aliphatic heterocycles. The molecule has 1 amide bonds. The molecular formula is C32H36ClN3O6S2. The number of para-hydroxylation sites is 1. The molecule has 5 rings (SSSR count). The number of fused-ring (bicyclic) bond motifs is 1. The number of aryl methyl sites for hydroxylation is 3. The van der Waals surface area contributed by atoms with Crippen molar-refractivity contribution in [3.63, 3.8) is 0 Å². The van der Waals surface area contributed by atoms with Crippen LogP contribution >= 0.6 is 11.6 Å². The third-order valence-corrected chi connectivity index (χ3v) is 11.7. The van der Waals surface area contributed by atoms with Crippen LogP contribution in [0.15, 0.2) is 76.5 Å². The number of hydrogen-bond acceptors (Lipinski definition) is 6. The summed E-state index contributed by atoms with van der Waals surface area (Å²) >= 11 is 6.26. The van der Waals surface area contributed by atoms with E-state index in [9.17, 15) is 21.6 Å². The van der Waals surface area contributed by atoms with Gasteiger partial charge in [0.25, 0.3) is 15.9 Å². The Kier molecular flexibility index (Phi) is 9.41. The SMILES string of the molecule is Cc1cc(OCCCn2c(C(=O)NS(=O)(=O)c3ccc(S(=O)(=O)N4CCC[C@@H](C)C4)cc3)cc3ccccc32)cc(C)c1Cl. The molecule has 2 heterocycles. The molecular weight excluding hydrogens is 622 g/mol. The topological polar surface area (TPSA) is 115 Å². The molecule has 9 nitrogen and oxygen atoms in total. The van der Waals surface area contributed by atoms with E-state index in [1.54, 1.807) is 10.6 Å². The standard InChI is InChI=1S/C32H36ClN3O6S2/c1-22-8-6-15-35(21-22)44(40,41)28-13-11-27(12-14-28)43(38,39)34-32(37)30-20-25-9-4-5-10-29(25)36(30)16-7-17-42-26-18-23(2)31(33)24(3)19-26/h4-5,9-14,18-20,22H,6-8,15-17,21H2,1-3H3,(H,34,37)/t22-/m1/s1. The highest BCUT2D eigenvalue weighted by molar-refractivity contribution is 7.90. The summed E-state index contributed by atoms with van der Waals surface area (Å²) in [5.41, 5.74) is 2.82. The molecule has 0 radical (unpaired) electrons. The van der Waals surface area contributed by atoms with Crippen LogP contribution in [0.1, 0.15) is 47.8 Å². The van der Waals surface area contributed by atoms with Gasteiger partial charge in [0.05, 0.1) is 16.4 Å². The molecule has 0 spiro atoms.